The van der Waals surface area contributed by atoms with Crippen LogP contribution in [0.2, 0.25) is 0 Å². The van der Waals surface area contributed by atoms with Crippen molar-refractivity contribution >= 4 is 17.1 Å². The zero-order valence-corrected chi connectivity index (χ0v) is 15.6. The lowest BCUT2D eigenvalue weighted by atomic mass is 9.99. The number of aliphatic hydroxyl groups excluding tert-OH is 3. The highest BCUT2D eigenvalue weighted by molar-refractivity contribution is 5.66. The van der Waals surface area contributed by atoms with Gasteiger partial charge in [0.15, 0.2) is 6.23 Å². The van der Waals surface area contributed by atoms with Gasteiger partial charge in [0, 0.05) is 0 Å². The average molecular weight is 371 g/mol. The van der Waals surface area contributed by atoms with Gasteiger partial charge < -0.3 is 25.4 Å². The lowest BCUT2D eigenvalue weighted by Crippen LogP contribution is -2.58. The number of hydrogen-bond donors (Lipinski definition) is 4. The molecule has 0 aliphatic carbocycles. The number of azo groups is 1. The third-order valence-electron chi connectivity index (χ3n) is 4.61. The van der Waals surface area contributed by atoms with E-state index in [1.54, 1.807) is 6.92 Å². The molecule has 27 heavy (non-hydrogen) atoms. The number of hydrogen-bond acceptors (Lipinski definition) is 7. The van der Waals surface area contributed by atoms with E-state index in [9.17, 15) is 15.3 Å². The molecular formula is C20H25N3O4. The zero-order valence-electron chi connectivity index (χ0n) is 15.6. The molecule has 0 radical (unpaired) electrons. The Balaban J connectivity index is 1.82. The van der Waals surface area contributed by atoms with Crippen LogP contribution in [0.1, 0.15) is 18.1 Å². The van der Waals surface area contributed by atoms with Crippen LogP contribution in [0.3, 0.4) is 0 Å². The Hall–Kier alpha value is -2.32. The highest BCUT2D eigenvalue weighted by Gasteiger charge is 2.41. The molecule has 7 nitrogen and oxygen atoms in total. The van der Waals surface area contributed by atoms with Gasteiger partial charge in [-0.05, 0) is 50.6 Å². The van der Waals surface area contributed by atoms with Gasteiger partial charge in [-0.3, -0.25) is 0 Å². The third-order valence-corrected chi connectivity index (χ3v) is 4.61. The van der Waals surface area contributed by atoms with Gasteiger partial charge in [-0.15, -0.1) is 5.11 Å². The molecule has 1 heterocycles. The Labute approximate surface area is 158 Å². The molecule has 7 heteroatoms. The molecule has 144 valence electrons. The van der Waals surface area contributed by atoms with E-state index in [0.29, 0.717) is 11.4 Å². The van der Waals surface area contributed by atoms with Crippen molar-refractivity contribution < 1.29 is 20.1 Å². The first-order chi connectivity index (χ1) is 12.8. The molecule has 0 bridgehead atoms. The van der Waals surface area contributed by atoms with E-state index >= 15 is 0 Å². The number of ether oxygens (including phenoxy) is 1. The summed E-state index contributed by atoms with van der Waals surface area (Å²) in [5.41, 5.74) is 4.07. The standard InChI is InChI=1S/C20H25N3O4/c1-11-4-7-14(8-5-11)22-23-16-10-12(2)6-9-15(16)21-20-19(26)18(25)17(24)13(3)27-20/h4-10,13,17-21,24-26H,1-3H3/t13-,17+,18+,19-,20-/m1/s1. The van der Waals surface area contributed by atoms with Crippen LogP contribution in [0.15, 0.2) is 52.7 Å². The molecule has 1 aliphatic heterocycles. The Kier molecular flexibility index (Phi) is 5.86. The summed E-state index contributed by atoms with van der Waals surface area (Å²) in [4.78, 5) is 0. The summed E-state index contributed by atoms with van der Waals surface area (Å²) in [6.45, 7) is 5.59. The van der Waals surface area contributed by atoms with Gasteiger partial charge in [0.25, 0.3) is 0 Å². The van der Waals surface area contributed by atoms with Gasteiger partial charge in [-0.2, -0.15) is 5.11 Å². The van der Waals surface area contributed by atoms with Crippen molar-refractivity contribution in [3.8, 4) is 0 Å². The highest BCUT2D eigenvalue weighted by atomic mass is 16.5. The van der Waals surface area contributed by atoms with Crippen molar-refractivity contribution in [1.29, 1.82) is 0 Å². The number of aryl methyl sites for hydroxylation is 2. The van der Waals surface area contributed by atoms with Crippen LogP contribution >= 0.6 is 0 Å². The summed E-state index contributed by atoms with van der Waals surface area (Å²) in [6, 6.07) is 13.3. The summed E-state index contributed by atoms with van der Waals surface area (Å²) in [6.07, 6.45) is -5.22. The van der Waals surface area contributed by atoms with Crippen molar-refractivity contribution in [3.63, 3.8) is 0 Å². The number of anilines is 1. The molecule has 0 spiro atoms. The van der Waals surface area contributed by atoms with E-state index in [4.69, 9.17) is 4.74 Å². The van der Waals surface area contributed by atoms with Gasteiger partial charge in [0.1, 0.15) is 24.0 Å². The lowest BCUT2D eigenvalue weighted by molar-refractivity contribution is -0.209. The van der Waals surface area contributed by atoms with Gasteiger partial charge in [-0.25, -0.2) is 0 Å². The maximum Gasteiger partial charge on any atom is 0.157 e. The van der Waals surface area contributed by atoms with Crippen LogP contribution < -0.4 is 5.32 Å². The number of aliphatic hydroxyl groups is 3. The number of benzene rings is 2. The fraction of sp³-hybridized carbons (Fsp3) is 0.400. The Morgan fingerprint density at radius 3 is 2.22 bits per heavy atom. The topological polar surface area (TPSA) is 107 Å². The second kappa shape index (κ2) is 8.14. The normalized spacial score (nSPS) is 28.4. The minimum atomic E-state index is -1.30. The third kappa shape index (κ3) is 4.51. The fourth-order valence-electron chi connectivity index (χ4n) is 2.89. The van der Waals surface area contributed by atoms with Gasteiger partial charge >= 0.3 is 0 Å². The number of nitrogens with zero attached hydrogens (tertiary/aromatic N) is 2. The van der Waals surface area contributed by atoms with Crippen molar-refractivity contribution in [2.45, 2.75) is 51.4 Å². The molecule has 2 aromatic carbocycles. The second-order valence-electron chi connectivity index (χ2n) is 6.93. The van der Waals surface area contributed by atoms with Crippen molar-refractivity contribution in [1.82, 2.24) is 0 Å². The molecule has 3 rings (SSSR count). The molecule has 2 aromatic rings. The summed E-state index contributed by atoms with van der Waals surface area (Å²) < 4.78 is 5.60. The van der Waals surface area contributed by atoms with Gasteiger partial charge in [-0.1, -0.05) is 23.8 Å². The van der Waals surface area contributed by atoms with Crippen LogP contribution in [0.5, 0.6) is 0 Å². The van der Waals surface area contributed by atoms with E-state index in [-0.39, 0.29) is 0 Å². The summed E-state index contributed by atoms with van der Waals surface area (Å²) >= 11 is 0. The molecule has 0 amide bonds. The summed E-state index contributed by atoms with van der Waals surface area (Å²) in [7, 11) is 0. The minimum Gasteiger partial charge on any atom is -0.388 e. The van der Waals surface area contributed by atoms with Crippen LogP contribution in [0.25, 0.3) is 0 Å². The molecule has 1 fully saturated rings. The number of rotatable bonds is 4. The van der Waals surface area contributed by atoms with Crippen molar-refractivity contribution in [2.24, 2.45) is 10.2 Å². The van der Waals surface area contributed by atoms with E-state index in [2.05, 4.69) is 15.5 Å². The van der Waals surface area contributed by atoms with Crippen molar-refractivity contribution in [3.05, 3.63) is 53.6 Å². The van der Waals surface area contributed by atoms with E-state index < -0.39 is 30.6 Å². The van der Waals surface area contributed by atoms with Gasteiger partial charge in [0.2, 0.25) is 0 Å². The van der Waals surface area contributed by atoms with E-state index in [1.165, 1.54) is 0 Å². The molecule has 0 saturated carbocycles. The smallest absolute Gasteiger partial charge is 0.157 e. The first-order valence-corrected chi connectivity index (χ1v) is 8.90. The van der Waals surface area contributed by atoms with Crippen molar-refractivity contribution in [2.75, 3.05) is 5.32 Å². The Morgan fingerprint density at radius 2 is 1.52 bits per heavy atom. The molecule has 1 aliphatic rings. The Bertz CT molecular complexity index is 809. The summed E-state index contributed by atoms with van der Waals surface area (Å²) in [5, 5.41) is 41.7. The molecule has 0 unspecified atom stereocenters. The minimum absolute atomic E-state index is 0.583. The highest BCUT2D eigenvalue weighted by Crippen LogP contribution is 2.31. The first kappa shape index (κ1) is 19.4. The molecule has 0 aromatic heterocycles. The second-order valence-corrected chi connectivity index (χ2v) is 6.93. The fourth-order valence-corrected chi connectivity index (χ4v) is 2.89. The zero-order chi connectivity index (χ0) is 19.6. The van der Waals surface area contributed by atoms with Crippen LogP contribution in [0.4, 0.5) is 17.1 Å². The predicted octanol–water partition coefficient (Wildman–Crippen LogP) is 2.96. The van der Waals surface area contributed by atoms with Gasteiger partial charge in [0.05, 0.1) is 17.5 Å². The van der Waals surface area contributed by atoms with Crippen LogP contribution in [0, 0.1) is 13.8 Å². The average Bonchev–Trinajstić information content (AvgIpc) is 2.65. The van der Waals surface area contributed by atoms with E-state index in [0.717, 1.165) is 16.8 Å². The predicted molar refractivity (Wildman–Crippen MR) is 103 cm³/mol. The quantitative estimate of drug-likeness (QED) is 0.618. The first-order valence-electron chi connectivity index (χ1n) is 8.90. The monoisotopic (exact) mass is 371 g/mol. The maximum absolute atomic E-state index is 10.2. The maximum atomic E-state index is 10.2. The lowest BCUT2D eigenvalue weighted by Gasteiger charge is -2.39. The van der Waals surface area contributed by atoms with Crippen LogP contribution in [-0.2, 0) is 4.74 Å². The summed E-state index contributed by atoms with van der Waals surface area (Å²) in [5.74, 6) is 0. The molecule has 1 saturated heterocycles. The molecule has 4 N–H and O–H groups in total. The molecule has 5 atom stereocenters. The number of nitrogens with one attached hydrogen (secondary N) is 1. The van der Waals surface area contributed by atoms with Crippen LogP contribution in [-0.4, -0.2) is 46.0 Å². The SMILES string of the molecule is Cc1ccc(N=Nc2cc(C)ccc2N[C@@H]2O[C@H](C)[C@H](O)[C@H](O)[C@H]2O)cc1. The van der Waals surface area contributed by atoms with E-state index in [1.807, 2.05) is 56.3 Å². The Morgan fingerprint density at radius 1 is 0.852 bits per heavy atom. The molecular weight excluding hydrogens is 346 g/mol. The largest absolute Gasteiger partial charge is 0.388 e.